The van der Waals surface area contributed by atoms with E-state index < -0.39 is 24.0 Å². The first kappa shape index (κ1) is 26.7. The van der Waals surface area contributed by atoms with Crippen molar-refractivity contribution in [2.75, 3.05) is 7.11 Å². The van der Waals surface area contributed by atoms with E-state index in [0.717, 1.165) is 24.0 Å². The van der Waals surface area contributed by atoms with Crippen LogP contribution in [-0.2, 0) is 22.4 Å². The standard InChI is InChI=1S/C29H34N2O5/c1-19(2)25(31-28(33)26-27(32)24(35-4)15-16-30-26)29(34)36-20(3)23(17-21-11-7-5-8-12-21)18-22-13-9-6-10-14-22/h5-16,19-20,23,25,32H,17-18H2,1-4H3,(H,31,33)/t20?,25-/m0/s1. The lowest BCUT2D eigenvalue weighted by molar-refractivity contribution is -0.154. The van der Waals surface area contributed by atoms with Gasteiger partial charge >= 0.3 is 5.97 Å². The molecule has 190 valence electrons. The number of aromatic nitrogens is 1. The summed E-state index contributed by atoms with van der Waals surface area (Å²) in [6, 6.07) is 20.7. The SMILES string of the molecule is COc1ccnc(C(=O)N[C@H](C(=O)OC(C)C(Cc2ccccc2)Cc2ccccc2)C(C)C)c1O. The summed E-state index contributed by atoms with van der Waals surface area (Å²) in [5.74, 6) is -1.68. The van der Waals surface area contributed by atoms with Crippen LogP contribution in [0.4, 0.5) is 0 Å². The number of hydrogen-bond acceptors (Lipinski definition) is 6. The molecule has 0 aliphatic rings. The summed E-state index contributed by atoms with van der Waals surface area (Å²) < 4.78 is 11.0. The summed E-state index contributed by atoms with van der Waals surface area (Å²) in [6.45, 7) is 5.53. The Morgan fingerprint density at radius 2 is 1.47 bits per heavy atom. The lowest BCUT2D eigenvalue weighted by atomic mass is 9.88. The first-order chi connectivity index (χ1) is 17.3. The van der Waals surface area contributed by atoms with E-state index in [2.05, 4.69) is 34.6 Å². The van der Waals surface area contributed by atoms with Crippen molar-refractivity contribution in [3.05, 3.63) is 89.7 Å². The molecular formula is C29H34N2O5. The van der Waals surface area contributed by atoms with Crippen molar-refractivity contribution in [1.29, 1.82) is 0 Å². The molecule has 3 aromatic rings. The maximum atomic E-state index is 13.2. The van der Waals surface area contributed by atoms with Gasteiger partial charge in [-0.05, 0) is 36.8 Å². The summed E-state index contributed by atoms with van der Waals surface area (Å²) in [4.78, 5) is 30.0. The predicted molar refractivity (Wildman–Crippen MR) is 138 cm³/mol. The van der Waals surface area contributed by atoms with Crippen LogP contribution in [0.25, 0.3) is 0 Å². The highest BCUT2D eigenvalue weighted by Gasteiger charge is 2.31. The fourth-order valence-corrected chi connectivity index (χ4v) is 4.07. The van der Waals surface area contributed by atoms with Crippen LogP contribution < -0.4 is 10.1 Å². The Hall–Kier alpha value is -3.87. The molecule has 0 aliphatic heterocycles. The van der Waals surface area contributed by atoms with E-state index in [4.69, 9.17) is 9.47 Å². The number of ether oxygens (including phenoxy) is 2. The largest absolute Gasteiger partial charge is 0.503 e. The van der Waals surface area contributed by atoms with E-state index in [-0.39, 0.29) is 29.0 Å². The average Bonchev–Trinajstić information content (AvgIpc) is 2.87. The Morgan fingerprint density at radius 3 is 1.97 bits per heavy atom. The number of benzene rings is 2. The fraction of sp³-hybridized carbons (Fsp3) is 0.345. The Morgan fingerprint density at radius 1 is 0.917 bits per heavy atom. The molecule has 0 radical (unpaired) electrons. The number of amides is 1. The van der Waals surface area contributed by atoms with Crippen molar-refractivity contribution in [3.63, 3.8) is 0 Å². The quantitative estimate of drug-likeness (QED) is 0.382. The topological polar surface area (TPSA) is 97.8 Å². The lowest BCUT2D eigenvalue weighted by Crippen LogP contribution is -2.47. The number of aromatic hydroxyl groups is 1. The number of pyridine rings is 1. The highest BCUT2D eigenvalue weighted by molar-refractivity contribution is 5.98. The molecule has 1 amide bonds. The molecule has 0 aliphatic carbocycles. The third kappa shape index (κ3) is 7.07. The van der Waals surface area contributed by atoms with Gasteiger partial charge in [-0.3, -0.25) is 4.79 Å². The average molecular weight is 491 g/mol. The normalized spacial score (nSPS) is 12.7. The van der Waals surface area contributed by atoms with Crippen molar-refractivity contribution >= 4 is 11.9 Å². The van der Waals surface area contributed by atoms with Gasteiger partial charge in [0.25, 0.3) is 5.91 Å². The van der Waals surface area contributed by atoms with Crippen LogP contribution in [0.3, 0.4) is 0 Å². The van der Waals surface area contributed by atoms with Gasteiger partial charge in [-0.2, -0.15) is 0 Å². The van der Waals surface area contributed by atoms with Gasteiger partial charge in [0.05, 0.1) is 7.11 Å². The van der Waals surface area contributed by atoms with Crippen LogP contribution in [0.5, 0.6) is 11.5 Å². The van der Waals surface area contributed by atoms with Crippen molar-refractivity contribution in [2.24, 2.45) is 11.8 Å². The maximum Gasteiger partial charge on any atom is 0.329 e. The molecule has 1 unspecified atom stereocenters. The zero-order valence-electron chi connectivity index (χ0n) is 21.2. The van der Waals surface area contributed by atoms with Gasteiger partial charge in [-0.25, -0.2) is 9.78 Å². The highest BCUT2D eigenvalue weighted by atomic mass is 16.5. The number of nitrogens with zero attached hydrogens (tertiary/aromatic N) is 1. The molecule has 2 N–H and O–H groups in total. The molecule has 7 nitrogen and oxygen atoms in total. The van der Waals surface area contributed by atoms with Crippen LogP contribution >= 0.6 is 0 Å². The van der Waals surface area contributed by atoms with Gasteiger partial charge in [0.2, 0.25) is 0 Å². The zero-order valence-corrected chi connectivity index (χ0v) is 21.2. The second-order valence-electron chi connectivity index (χ2n) is 9.19. The minimum Gasteiger partial charge on any atom is -0.503 e. The Labute approximate surface area is 212 Å². The molecule has 3 rings (SSSR count). The van der Waals surface area contributed by atoms with Crippen LogP contribution in [0.2, 0.25) is 0 Å². The molecule has 2 atom stereocenters. The Kier molecular flexibility index (Phi) is 9.45. The van der Waals surface area contributed by atoms with E-state index in [1.165, 1.54) is 19.4 Å². The molecule has 36 heavy (non-hydrogen) atoms. The molecule has 0 saturated carbocycles. The first-order valence-corrected chi connectivity index (χ1v) is 12.1. The van der Waals surface area contributed by atoms with E-state index in [9.17, 15) is 14.7 Å². The molecular weight excluding hydrogens is 456 g/mol. The van der Waals surface area contributed by atoms with E-state index >= 15 is 0 Å². The third-order valence-corrected chi connectivity index (χ3v) is 6.18. The maximum absolute atomic E-state index is 13.2. The molecule has 0 fully saturated rings. The van der Waals surface area contributed by atoms with Crippen LogP contribution in [0.15, 0.2) is 72.9 Å². The summed E-state index contributed by atoms with van der Waals surface area (Å²) in [5.41, 5.74) is 2.11. The van der Waals surface area contributed by atoms with Crippen molar-refractivity contribution in [3.8, 4) is 11.5 Å². The second-order valence-corrected chi connectivity index (χ2v) is 9.19. The smallest absolute Gasteiger partial charge is 0.329 e. The van der Waals surface area contributed by atoms with Crippen molar-refractivity contribution in [1.82, 2.24) is 10.3 Å². The fourth-order valence-electron chi connectivity index (χ4n) is 4.07. The number of methoxy groups -OCH3 is 1. The number of carbonyl (C=O) groups excluding carboxylic acids is 2. The van der Waals surface area contributed by atoms with Gasteiger partial charge in [0.15, 0.2) is 17.2 Å². The van der Waals surface area contributed by atoms with Crippen LogP contribution in [0, 0.1) is 11.8 Å². The van der Waals surface area contributed by atoms with Gasteiger partial charge in [0.1, 0.15) is 12.1 Å². The molecule has 0 saturated heterocycles. The Balaban J connectivity index is 1.75. The molecule has 0 spiro atoms. The molecule has 1 aromatic heterocycles. The van der Waals surface area contributed by atoms with Crippen LogP contribution in [-0.4, -0.2) is 41.2 Å². The second kappa shape index (κ2) is 12.7. The summed E-state index contributed by atoms with van der Waals surface area (Å²) in [7, 11) is 1.38. The lowest BCUT2D eigenvalue weighted by Gasteiger charge is -2.28. The number of esters is 1. The summed E-state index contributed by atoms with van der Waals surface area (Å²) in [5, 5.41) is 13.0. The van der Waals surface area contributed by atoms with Gasteiger partial charge in [0, 0.05) is 18.2 Å². The number of rotatable bonds is 11. The van der Waals surface area contributed by atoms with Gasteiger partial charge in [-0.1, -0.05) is 74.5 Å². The summed E-state index contributed by atoms with van der Waals surface area (Å²) >= 11 is 0. The van der Waals surface area contributed by atoms with Gasteiger partial charge in [-0.15, -0.1) is 0 Å². The number of hydrogen-bond donors (Lipinski definition) is 2. The third-order valence-electron chi connectivity index (χ3n) is 6.18. The monoisotopic (exact) mass is 490 g/mol. The van der Waals surface area contributed by atoms with Crippen molar-refractivity contribution in [2.45, 2.75) is 45.8 Å². The molecule has 0 bridgehead atoms. The zero-order chi connectivity index (χ0) is 26.1. The van der Waals surface area contributed by atoms with E-state index in [1.54, 1.807) is 0 Å². The van der Waals surface area contributed by atoms with Crippen LogP contribution in [0.1, 0.15) is 42.4 Å². The van der Waals surface area contributed by atoms with E-state index in [0.29, 0.717) is 0 Å². The molecule has 1 heterocycles. The predicted octanol–water partition coefficient (Wildman–Crippen LogP) is 4.58. The number of carbonyl (C=O) groups is 2. The minimum atomic E-state index is -0.915. The molecule has 2 aromatic carbocycles. The van der Waals surface area contributed by atoms with Gasteiger partial charge < -0.3 is 19.9 Å². The van der Waals surface area contributed by atoms with Crippen molar-refractivity contribution < 1.29 is 24.2 Å². The van der Waals surface area contributed by atoms with E-state index in [1.807, 2.05) is 57.2 Å². The minimum absolute atomic E-state index is 0.0337. The highest BCUT2D eigenvalue weighted by Crippen LogP contribution is 2.28. The number of nitrogens with one attached hydrogen (secondary N) is 1. The summed E-state index contributed by atoms with van der Waals surface area (Å²) in [6.07, 6.45) is 2.43. The Bertz CT molecular complexity index is 1090. The molecule has 7 heteroatoms. The first-order valence-electron chi connectivity index (χ1n) is 12.1.